The summed E-state index contributed by atoms with van der Waals surface area (Å²) in [5.41, 5.74) is 1.49. The number of halogens is 3. The Balaban J connectivity index is 1.88. The molecule has 4 nitrogen and oxygen atoms in total. The predicted octanol–water partition coefficient (Wildman–Crippen LogP) is 5.17. The van der Waals surface area contributed by atoms with Crippen molar-refractivity contribution in [3.63, 3.8) is 0 Å². The van der Waals surface area contributed by atoms with E-state index < -0.39 is 0 Å². The summed E-state index contributed by atoms with van der Waals surface area (Å²) in [7, 11) is 1.58. The number of carbonyl (C=O) groups excluding carboxylic acids is 1. The van der Waals surface area contributed by atoms with Gasteiger partial charge in [0.25, 0.3) is 0 Å². The predicted molar refractivity (Wildman–Crippen MR) is 104 cm³/mol. The molecule has 2 aromatic carbocycles. The summed E-state index contributed by atoms with van der Waals surface area (Å²) in [5, 5.41) is 1.64. The van der Waals surface area contributed by atoms with Crippen molar-refractivity contribution in [3.8, 4) is 5.75 Å². The second-order valence-corrected chi connectivity index (χ2v) is 7.74. The van der Waals surface area contributed by atoms with Gasteiger partial charge < -0.3 is 4.74 Å². The number of benzene rings is 2. The SMILES string of the molecule is COc1ccc(Cl)cc1N1C(=O)C2CCCN2C1c1ccc(Cl)cc1Cl. The maximum absolute atomic E-state index is 13.2. The standard InChI is InChI=1S/C19H17Cl3N2O2/c1-26-17-7-5-12(21)10-16(17)24-18(13-6-4-11(20)9-14(13)22)23-8-2-3-15(23)19(24)25/h4-7,9-10,15,18H,2-3,8H2,1H3. The summed E-state index contributed by atoms with van der Waals surface area (Å²) in [6.07, 6.45) is 1.51. The molecule has 0 spiro atoms. The fraction of sp³-hybridized carbons (Fsp3) is 0.316. The van der Waals surface area contributed by atoms with Crippen LogP contribution in [0.3, 0.4) is 0 Å². The zero-order chi connectivity index (χ0) is 18.4. The van der Waals surface area contributed by atoms with E-state index in [0.717, 1.165) is 24.9 Å². The van der Waals surface area contributed by atoms with Crippen molar-refractivity contribution in [2.24, 2.45) is 0 Å². The van der Waals surface area contributed by atoms with Crippen molar-refractivity contribution in [1.29, 1.82) is 0 Å². The first kappa shape index (κ1) is 17.9. The number of amides is 1. The number of ether oxygens (including phenoxy) is 1. The number of carbonyl (C=O) groups is 1. The zero-order valence-corrected chi connectivity index (χ0v) is 16.4. The van der Waals surface area contributed by atoms with Crippen LogP contribution in [-0.2, 0) is 4.79 Å². The summed E-state index contributed by atoms with van der Waals surface area (Å²) < 4.78 is 5.49. The monoisotopic (exact) mass is 410 g/mol. The molecule has 7 heteroatoms. The number of hydrogen-bond donors (Lipinski definition) is 0. The van der Waals surface area contributed by atoms with Crippen LogP contribution < -0.4 is 9.64 Å². The van der Waals surface area contributed by atoms with Gasteiger partial charge in [0.05, 0.1) is 18.8 Å². The minimum absolute atomic E-state index is 0.0408. The maximum Gasteiger partial charge on any atom is 0.246 e. The van der Waals surface area contributed by atoms with Gasteiger partial charge in [-0.15, -0.1) is 0 Å². The Hall–Kier alpha value is -1.46. The molecular formula is C19H17Cl3N2O2. The van der Waals surface area contributed by atoms with Gasteiger partial charge in [0.15, 0.2) is 0 Å². The first-order chi connectivity index (χ1) is 12.5. The molecule has 0 saturated carbocycles. The molecule has 2 aliphatic heterocycles. The molecule has 1 amide bonds. The van der Waals surface area contributed by atoms with Gasteiger partial charge in [-0.2, -0.15) is 0 Å². The Morgan fingerprint density at radius 2 is 1.81 bits per heavy atom. The first-order valence-electron chi connectivity index (χ1n) is 8.38. The molecule has 4 rings (SSSR count). The van der Waals surface area contributed by atoms with Crippen molar-refractivity contribution in [2.75, 3.05) is 18.6 Å². The van der Waals surface area contributed by atoms with Gasteiger partial charge in [0.2, 0.25) is 5.91 Å². The third-order valence-electron chi connectivity index (χ3n) is 5.02. The fourth-order valence-corrected chi connectivity index (χ4v) is 4.58. The van der Waals surface area contributed by atoms with Gasteiger partial charge in [-0.05, 0) is 43.2 Å². The highest BCUT2D eigenvalue weighted by molar-refractivity contribution is 6.35. The lowest BCUT2D eigenvalue weighted by molar-refractivity contribution is -0.119. The lowest BCUT2D eigenvalue weighted by Crippen LogP contribution is -2.32. The molecule has 2 aliphatic rings. The van der Waals surface area contributed by atoms with E-state index in [1.54, 1.807) is 42.3 Å². The Morgan fingerprint density at radius 3 is 2.54 bits per heavy atom. The van der Waals surface area contributed by atoms with Gasteiger partial charge in [0, 0.05) is 27.2 Å². The Morgan fingerprint density at radius 1 is 1.08 bits per heavy atom. The number of rotatable bonds is 3. The van der Waals surface area contributed by atoms with Crippen LogP contribution in [0.15, 0.2) is 36.4 Å². The maximum atomic E-state index is 13.2. The quantitative estimate of drug-likeness (QED) is 0.699. The van der Waals surface area contributed by atoms with Crippen molar-refractivity contribution >= 4 is 46.4 Å². The molecule has 2 fully saturated rings. The highest BCUT2D eigenvalue weighted by Gasteiger charge is 2.50. The molecule has 0 N–H and O–H groups in total. The summed E-state index contributed by atoms with van der Waals surface area (Å²) in [4.78, 5) is 17.2. The highest BCUT2D eigenvalue weighted by atomic mass is 35.5. The van der Waals surface area contributed by atoms with E-state index in [4.69, 9.17) is 39.5 Å². The van der Waals surface area contributed by atoms with Gasteiger partial charge in [-0.25, -0.2) is 0 Å². The first-order valence-corrected chi connectivity index (χ1v) is 9.52. The molecule has 0 aromatic heterocycles. The normalized spacial score (nSPS) is 22.8. The van der Waals surface area contributed by atoms with E-state index in [1.807, 2.05) is 6.07 Å². The second-order valence-electron chi connectivity index (χ2n) is 6.46. The van der Waals surface area contributed by atoms with Gasteiger partial charge >= 0.3 is 0 Å². The number of hydrogen-bond acceptors (Lipinski definition) is 3. The van der Waals surface area contributed by atoms with Crippen molar-refractivity contribution < 1.29 is 9.53 Å². The molecular weight excluding hydrogens is 395 g/mol. The molecule has 136 valence electrons. The summed E-state index contributed by atoms with van der Waals surface area (Å²) in [6.45, 7) is 0.833. The molecule has 2 saturated heterocycles. The van der Waals surface area contributed by atoms with Crippen LogP contribution >= 0.6 is 34.8 Å². The molecule has 2 unspecified atom stereocenters. The van der Waals surface area contributed by atoms with Crippen LogP contribution in [0.5, 0.6) is 5.75 Å². The average Bonchev–Trinajstić information content (AvgIpc) is 3.18. The fourth-order valence-electron chi connectivity index (χ4n) is 3.91. The van der Waals surface area contributed by atoms with Crippen molar-refractivity contribution in [3.05, 3.63) is 57.0 Å². The number of nitrogens with zero attached hydrogens (tertiary/aromatic N) is 2. The smallest absolute Gasteiger partial charge is 0.246 e. The Kier molecular flexibility index (Phi) is 4.78. The summed E-state index contributed by atoms with van der Waals surface area (Å²) in [5.74, 6) is 0.637. The Labute approximate surface area is 167 Å². The van der Waals surface area contributed by atoms with E-state index in [2.05, 4.69) is 4.90 Å². The van der Waals surface area contributed by atoms with E-state index in [9.17, 15) is 4.79 Å². The van der Waals surface area contributed by atoms with Crippen molar-refractivity contribution in [2.45, 2.75) is 25.0 Å². The highest BCUT2D eigenvalue weighted by Crippen LogP contribution is 2.47. The van der Waals surface area contributed by atoms with Gasteiger partial charge in [-0.1, -0.05) is 40.9 Å². The van der Waals surface area contributed by atoms with Crippen LogP contribution in [-0.4, -0.2) is 30.5 Å². The lowest BCUT2D eigenvalue weighted by Gasteiger charge is -2.31. The van der Waals surface area contributed by atoms with Crippen LogP contribution in [0.25, 0.3) is 0 Å². The number of fused-ring (bicyclic) bond motifs is 1. The van der Waals surface area contributed by atoms with Crippen LogP contribution in [0.2, 0.25) is 15.1 Å². The largest absolute Gasteiger partial charge is 0.495 e. The molecule has 0 radical (unpaired) electrons. The van der Waals surface area contributed by atoms with Crippen molar-refractivity contribution in [1.82, 2.24) is 4.90 Å². The third kappa shape index (κ3) is 2.85. The number of anilines is 1. The third-order valence-corrected chi connectivity index (χ3v) is 5.81. The second kappa shape index (κ2) is 6.93. The number of methoxy groups -OCH3 is 1. The zero-order valence-electron chi connectivity index (χ0n) is 14.1. The summed E-state index contributed by atoms with van der Waals surface area (Å²) >= 11 is 18.8. The molecule has 0 aliphatic carbocycles. The lowest BCUT2D eigenvalue weighted by atomic mass is 10.1. The molecule has 2 aromatic rings. The van der Waals surface area contributed by atoms with E-state index in [0.29, 0.717) is 26.5 Å². The van der Waals surface area contributed by atoms with E-state index in [-0.39, 0.29) is 18.1 Å². The van der Waals surface area contributed by atoms with Crippen LogP contribution in [0.1, 0.15) is 24.6 Å². The van der Waals surface area contributed by atoms with Crippen LogP contribution in [0, 0.1) is 0 Å². The van der Waals surface area contributed by atoms with E-state index >= 15 is 0 Å². The Bertz CT molecular complexity index is 874. The summed E-state index contributed by atoms with van der Waals surface area (Å²) in [6, 6.07) is 10.5. The molecule has 2 heterocycles. The average molecular weight is 412 g/mol. The minimum atomic E-state index is -0.313. The molecule has 2 atom stereocenters. The molecule has 0 bridgehead atoms. The minimum Gasteiger partial charge on any atom is -0.495 e. The molecule has 26 heavy (non-hydrogen) atoms. The van der Waals surface area contributed by atoms with Gasteiger partial charge in [0.1, 0.15) is 11.9 Å². The van der Waals surface area contributed by atoms with E-state index in [1.165, 1.54) is 0 Å². The van der Waals surface area contributed by atoms with Crippen LogP contribution in [0.4, 0.5) is 5.69 Å². The topological polar surface area (TPSA) is 32.8 Å². The van der Waals surface area contributed by atoms with Gasteiger partial charge in [-0.3, -0.25) is 14.6 Å².